The summed E-state index contributed by atoms with van der Waals surface area (Å²) >= 11 is 0. The number of aryl methyl sites for hydroxylation is 1. The van der Waals surface area contributed by atoms with Crippen LogP contribution in [0.3, 0.4) is 0 Å². The van der Waals surface area contributed by atoms with Gasteiger partial charge < -0.3 is 4.74 Å². The zero-order valence-corrected chi connectivity index (χ0v) is 13.2. The van der Waals surface area contributed by atoms with Gasteiger partial charge in [-0.2, -0.15) is 0 Å². The Hall–Kier alpha value is -2.13. The van der Waals surface area contributed by atoms with E-state index in [9.17, 15) is 18.0 Å². The number of rotatable bonds is 6. The summed E-state index contributed by atoms with van der Waals surface area (Å²) in [7, 11) is -2.12. The molecular formula is C13H19N3O5S. The fourth-order valence-corrected chi connectivity index (χ4v) is 2.29. The van der Waals surface area contributed by atoms with E-state index in [-0.39, 0.29) is 23.8 Å². The van der Waals surface area contributed by atoms with Crippen LogP contribution in [0.25, 0.3) is 0 Å². The number of ether oxygens (including phenoxy) is 1. The highest BCUT2D eigenvalue weighted by atomic mass is 32.2. The Balaban J connectivity index is 2.45. The Morgan fingerprint density at radius 1 is 1.14 bits per heavy atom. The second kappa shape index (κ2) is 8.35. The third-order valence-electron chi connectivity index (χ3n) is 2.72. The van der Waals surface area contributed by atoms with E-state index < -0.39 is 16.1 Å². The molecule has 0 saturated heterocycles. The van der Waals surface area contributed by atoms with Gasteiger partial charge in [0.05, 0.1) is 11.5 Å². The molecule has 0 fully saturated rings. The van der Waals surface area contributed by atoms with Crippen molar-refractivity contribution in [1.82, 2.24) is 15.6 Å². The molecule has 0 atom stereocenters. The molecule has 0 aliphatic rings. The van der Waals surface area contributed by atoms with Gasteiger partial charge in [-0.25, -0.2) is 23.4 Å². The molecule has 0 aliphatic carbocycles. The molecule has 0 unspecified atom stereocenters. The molecule has 8 nitrogen and oxygen atoms in total. The van der Waals surface area contributed by atoms with Crippen molar-refractivity contribution in [2.75, 3.05) is 13.7 Å². The zero-order valence-electron chi connectivity index (χ0n) is 12.4. The van der Waals surface area contributed by atoms with E-state index in [4.69, 9.17) is 0 Å². The summed E-state index contributed by atoms with van der Waals surface area (Å²) in [5, 5.41) is 0. The Bertz CT molecular complexity index is 613. The SMILES string of the molecule is CCOC(=O)NNC(=O)CCc1ccc(S(=O)(=O)NC)cc1. The van der Waals surface area contributed by atoms with Gasteiger partial charge >= 0.3 is 6.09 Å². The quantitative estimate of drug-likeness (QED) is 0.650. The number of benzene rings is 1. The molecule has 1 aromatic carbocycles. The van der Waals surface area contributed by atoms with E-state index in [1.165, 1.54) is 19.2 Å². The van der Waals surface area contributed by atoms with Gasteiger partial charge in [0, 0.05) is 6.42 Å². The molecule has 0 aromatic heterocycles. The minimum atomic E-state index is -3.46. The lowest BCUT2D eigenvalue weighted by Crippen LogP contribution is -2.42. The first-order valence-electron chi connectivity index (χ1n) is 6.63. The number of hydrogen-bond acceptors (Lipinski definition) is 5. The molecule has 1 rings (SSSR count). The van der Waals surface area contributed by atoms with Gasteiger partial charge in [-0.1, -0.05) is 12.1 Å². The van der Waals surface area contributed by atoms with E-state index in [0.29, 0.717) is 6.42 Å². The second-order valence-corrected chi connectivity index (χ2v) is 6.13. The van der Waals surface area contributed by atoms with Crippen molar-refractivity contribution in [3.63, 3.8) is 0 Å². The molecule has 22 heavy (non-hydrogen) atoms. The van der Waals surface area contributed by atoms with Crippen LogP contribution in [-0.2, 0) is 26.0 Å². The molecule has 0 spiro atoms. The van der Waals surface area contributed by atoms with Crippen LogP contribution in [0.2, 0.25) is 0 Å². The average Bonchev–Trinajstić information content (AvgIpc) is 2.51. The molecule has 3 N–H and O–H groups in total. The Kier molecular flexibility index (Phi) is 6.80. The number of hydrogen-bond donors (Lipinski definition) is 3. The summed E-state index contributed by atoms with van der Waals surface area (Å²) < 4.78 is 29.9. The van der Waals surface area contributed by atoms with E-state index >= 15 is 0 Å². The summed E-state index contributed by atoms with van der Waals surface area (Å²) in [4.78, 5) is 22.6. The maximum Gasteiger partial charge on any atom is 0.426 e. The third kappa shape index (κ3) is 5.70. The smallest absolute Gasteiger partial charge is 0.426 e. The van der Waals surface area contributed by atoms with Gasteiger partial charge in [0.1, 0.15) is 0 Å². The predicted molar refractivity (Wildman–Crippen MR) is 79.3 cm³/mol. The maximum atomic E-state index is 11.6. The zero-order chi connectivity index (χ0) is 16.6. The van der Waals surface area contributed by atoms with Crippen molar-refractivity contribution in [2.24, 2.45) is 0 Å². The van der Waals surface area contributed by atoms with Gasteiger partial charge in [-0.05, 0) is 38.1 Å². The second-order valence-electron chi connectivity index (χ2n) is 4.25. The monoisotopic (exact) mass is 329 g/mol. The number of sulfonamides is 1. The summed E-state index contributed by atoms with van der Waals surface area (Å²) in [5.74, 6) is -0.375. The van der Waals surface area contributed by atoms with Gasteiger partial charge in [0.2, 0.25) is 15.9 Å². The van der Waals surface area contributed by atoms with Gasteiger partial charge in [0.25, 0.3) is 0 Å². The van der Waals surface area contributed by atoms with Crippen LogP contribution in [-0.4, -0.2) is 34.1 Å². The molecule has 0 heterocycles. The number of hydrazine groups is 1. The van der Waals surface area contributed by atoms with Crippen molar-refractivity contribution < 1.29 is 22.7 Å². The molecule has 0 saturated carbocycles. The highest BCUT2D eigenvalue weighted by Crippen LogP contribution is 2.11. The standard InChI is InChI=1S/C13H19N3O5S/c1-3-21-13(18)16-15-12(17)9-6-10-4-7-11(8-5-10)22(19,20)14-2/h4-5,7-8,14H,3,6,9H2,1-2H3,(H,15,17)(H,16,18). The molecule has 122 valence electrons. The van der Waals surface area contributed by atoms with Crippen LogP contribution in [0.15, 0.2) is 29.2 Å². The predicted octanol–water partition coefficient (Wildman–Crippen LogP) is 0.305. The molecule has 9 heteroatoms. The molecule has 0 radical (unpaired) electrons. The minimum absolute atomic E-state index is 0.143. The topological polar surface area (TPSA) is 114 Å². The van der Waals surface area contributed by atoms with Crippen LogP contribution >= 0.6 is 0 Å². The van der Waals surface area contributed by atoms with Crippen LogP contribution in [0.5, 0.6) is 0 Å². The highest BCUT2D eigenvalue weighted by Gasteiger charge is 2.11. The third-order valence-corrected chi connectivity index (χ3v) is 4.15. The van der Waals surface area contributed by atoms with Crippen LogP contribution in [0.4, 0.5) is 4.79 Å². The van der Waals surface area contributed by atoms with E-state index in [0.717, 1.165) is 5.56 Å². The van der Waals surface area contributed by atoms with Crippen molar-refractivity contribution in [1.29, 1.82) is 0 Å². The number of carbonyl (C=O) groups excluding carboxylic acids is 2. The van der Waals surface area contributed by atoms with Gasteiger partial charge in [-0.3, -0.25) is 10.2 Å². The van der Waals surface area contributed by atoms with E-state index in [1.54, 1.807) is 19.1 Å². The van der Waals surface area contributed by atoms with Gasteiger partial charge in [0.15, 0.2) is 0 Å². The summed E-state index contributed by atoms with van der Waals surface area (Å²) in [6.45, 7) is 1.86. The van der Waals surface area contributed by atoms with Crippen molar-refractivity contribution in [2.45, 2.75) is 24.7 Å². The fraction of sp³-hybridized carbons (Fsp3) is 0.385. The van der Waals surface area contributed by atoms with Crippen LogP contribution < -0.4 is 15.6 Å². The molecule has 0 bridgehead atoms. The maximum absolute atomic E-state index is 11.6. The molecule has 0 aliphatic heterocycles. The number of nitrogens with one attached hydrogen (secondary N) is 3. The fourth-order valence-electron chi connectivity index (χ4n) is 1.56. The normalized spacial score (nSPS) is 10.8. The number of carbonyl (C=O) groups is 2. The van der Waals surface area contributed by atoms with Crippen molar-refractivity contribution in [3.8, 4) is 0 Å². The van der Waals surface area contributed by atoms with Crippen molar-refractivity contribution in [3.05, 3.63) is 29.8 Å². The minimum Gasteiger partial charge on any atom is -0.449 e. The first kappa shape index (κ1) is 17.9. The number of amides is 2. The first-order valence-corrected chi connectivity index (χ1v) is 8.11. The Morgan fingerprint density at radius 3 is 2.32 bits per heavy atom. The lowest BCUT2D eigenvalue weighted by Gasteiger charge is -2.07. The molecular weight excluding hydrogens is 310 g/mol. The molecule has 1 aromatic rings. The van der Waals surface area contributed by atoms with Crippen LogP contribution in [0, 0.1) is 0 Å². The first-order chi connectivity index (χ1) is 10.4. The molecule has 2 amide bonds. The van der Waals surface area contributed by atoms with Gasteiger partial charge in [-0.15, -0.1) is 0 Å². The summed E-state index contributed by atoms with van der Waals surface area (Å²) in [6.07, 6.45) is -0.168. The van der Waals surface area contributed by atoms with Crippen LogP contribution in [0.1, 0.15) is 18.9 Å². The van der Waals surface area contributed by atoms with E-state index in [1.807, 2.05) is 0 Å². The largest absolute Gasteiger partial charge is 0.449 e. The van der Waals surface area contributed by atoms with Crippen molar-refractivity contribution >= 4 is 22.0 Å². The Labute approximate surface area is 129 Å². The lowest BCUT2D eigenvalue weighted by molar-refractivity contribution is -0.121. The summed E-state index contributed by atoms with van der Waals surface area (Å²) in [6, 6.07) is 6.21. The average molecular weight is 329 g/mol. The van der Waals surface area contributed by atoms with E-state index in [2.05, 4.69) is 20.3 Å². The highest BCUT2D eigenvalue weighted by molar-refractivity contribution is 7.89. The lowest BCUT2D eigenvalue weighted by atomic mass is 10.1. The summed E-state index contributed by atoms with van der Waals surface area (Å²) in [5.41, 5.74) is 5.13. The Morgan fingerprint density at radius 2 is 1.77 bits per heavy atom.